The lowest BCUT2D eigenvalue weighted by Crippen LogP contribution is -2.40. The van der Waals surface area contributed by atoms with Crippen molar-refractivity contribution in [3.8, 4) is 0 Å². The SMILES string of the molecule is CNCC1CCCN1C(=O)c1ccc2ncccc2c1.Cl.Cl. The largest absolute Gasteiger partial charge is 0.334 e. The number of likely N-dealkylation sites (tertiary alicyclic amines) is 1. The molecule has 2 aromatic rings. The van der Waals surface area contributed by atoms with Gasteiger partial charge in [-0.2, -0.15) is 0 Å². The zero-order valence-corrected chi connectivity index (χ0v) is 14.1. The first-order chi connectivity index (χ1) is 9.79. The quantitative estimate of drug-likeness (QED) is 0.933. The molecule has 0 aliphatic carbocycles. The van der Waals surface area contributed by atoms with E-state index in [1.807, 2.05) is 42.3 Å². The molecule has 120 valence electrons. The Hall–Kier alpha value is -1.36. The van der Waals surface area contributed by atoms with Crippen LogP contribution in [0.2, 0.25) is 0 Å². The molecule has 3 rings (SSSR count). The summed E-state index contributed by atoms with van der Waals surface area (Å²) in [6.45, 7) is 1.72. The highest BCUT2D eigenvalue weighted by Gasteiger charge is 2.28. The minimum atomic E-state index is 0. The molecule has 1 N–H and O–H groups in total. The van der Waals surface area contributed by atoms with Crippen molar-refractivity contribution >= 4 is 41.6 Å². The Morgan fingerprint density at radius 2 is 2.18 bits per heavy atom. The van der Waals surface area contributed by atoms with E-state index in [9.17, 15) is 4.79 Å². The van der Waals surface area contributed by atoms with Gasteiger partial charge >= 0.3 is 0 Å². The number of fused-ring (bicyclic) bond motifs is 1. The molecule has 0 bridgehead atoms. The molecule has 1 aromatic carbocycles. The molecular weight excluding hydrogens is 321 g/mol. The summed E-state index contributed by atoms with van der Waals surface area (Å²) in [6.07, 6.45) is 3.95. The van der Waals surface area contributed by atoms with Gasteiger partial charge in [0.2, 0.25) is 0 Å². The van der Waals surface area contributed by atoms with Crippen molar-refractivity contribution in [2.24, 2.45) is 0 Å². The van der Waals surface area contributed by atoms with Gasteiger partial charge in [-0.3, -0.25) is 9.78 Å². The zero-order valence-electron chi connectivity index (χ0n) is 12.5. The number of hydrogen-bond donors (Lipinski definition) is 1. The highest BCUT2D eigenvalue weighted by atomic mass is 35.5. The number of benzene rings is 1. The first-order valence-electron chi connectivity index (χ1n) is 7.10. The highest BCUT2D eigenvalue weighted by molar-refractivity contribution is 5.98. The summed E-state index contributed by atoms with van der Waals surface area (Å²) >= 11 is 0. The Labute approximate surface area is 143 Å². The van der Waals surface area contributed by atoms with Crippen LogP contribution < -0.4 is 5.32 Å². The van der Waals surface area contributed by atoms with Crippen molar-refractivity contribution in [2.75, 3.05) is 20.1 Å². The normalized spacial score (nSPS) is 17.0. The van der Waals surface area contributed by atoms with E-state index in [1.165, 1.54) is 0 Å². The summed E-state index contributed by atoms with van der Waals surface area (Å²) in [5.41, 5.74) is 1.69. The fourth-order valence-corrected chi connectivity index (χ4v) is 2.93. The third-order valence-corrected chi connectivity index (χ3v) is 3.93. The van der Waals surface area contributed by atoms with Crippen molar-refractivity contribution in [2.45, 2.75) is 18.9 Å². The number of rotatable bonds is 3. The van der Waals surface area contributed by atoms with Crippen molar-refractivity contribution in [1.82, 2.24) is 15.2 Å². The predicted octanol–water partition coefficient (Wildman–Crippen LogP) is 2.90. The van der Waals surface area contributed by atoms with Crippen LogP contribution in [0.1, 0.15) is 23.2 Å². The van der Waals surface area contributed by atoms with E-state index in [0.717, 1.165) is 42.4 Å². The van der Waals surface area contributed by atoms with Crippen LogP contribution in [0.25, 0.3) is 10.9 Å². The van der Waals surface area contributed by atoms with E-state index in [4.69, 9.17) is 0 Å². The Morgan fingerprint density at radius 3 is 2.95 bits per heavy atom. The topological polar surface area (TPSA) is 45.2 Å². The Balaban J connectivity index is 0.00000121. The number of nitrogens with zero attached hydrogens (tertiary/aromatic N) is 2. The lowest BCUT2D eigenvalue weighted by atomic mass is 10.1. The summed E-state index contributed by atoms with van der Waals surface area (Å²) < 4.78 is 0. The van der Waals surface area contributed by atoms with E-state index >= 15 is 0 Å². The molecule has 2 heterocycles. The fourth-order valence-electron chi connectivity index (χ4n) is 2.93. The second-order valence-electron chi connectivity index (χ2n) is 5.26. The molecular formula is C16H21Cl2N3O. The van der Waals surface area contributed by atoms with Gasteiger partial charge in [-0.15, -0.1) is 24.8 Å². The molecule has 1 aromatic heterocycles. The number of nitrogens with one attached hydrogen (secondary N) is 1. The average molecular weight is 342 g/mol. The molecule has 1 atom stereocenters. The number of halogens is 2. The van der Waals surface area contributed by atoms with E-state index in [1.54, 1.807) is 6.20 Å². The van der Waals surface area contributed by atoms with Gasteiger partial charge in [-0.25, -0.2) is 0 Å². The molecule has 22 heavy (non-hydrogen) atoms. The van der Waals surface area contributed by atoms with Gasteiger partial charge in [0.15, 0.2) is 0 Å². The molecule has 1 aliphatic heterocycles. The number of pyridine rings is 1. The number of likely N-dealkylation sites (N-methyl/N-ethyl adjacent to an activating group) is 1. The molecule has 0 radical (unpaired) electrons. The third kappa shape index (κ3) is 3.69. The maximum Gasteiger partial charge on any atom is 0.254 e. The Bertz CT molecular complexity index is 636. The van der Waals surface area contributed by atoms with Crippen LogP contribution in [0.15, 0.2) is 36.5 Å². The summed E-state index contributed by atoms with van der Waals surface area (Å²) in [5, 5.41) is 4.19. The van der Waals surface area contributed by atoms with Crippen molar-refractivity contribution in [1.29, 1.82) is 0 Å². The van der Waals surface area contributed by atoms with Crippen molar-refractivity contribution in [3.63, 3.8) is 0 Å². The smallest absolute Gasteiger partial charge is 0.254 e. The van der Waals surface area contributed by atoms with E-state index in [2.05, 4.69) is 10.3 Å². The lowest BCUT2D eigenvalue weighted by molar-refractivity contribution is 0.0737. The van der Waals surface area contributed by atoms with Crippen LogP contribution in [0.5, 0.6) is 0 Å². The molecule has 4 nitrogen and oxygen atoms in total. The van der Waals surface area contributed by atoms with Crippen molar-refractivity contribution < 1.29 is 4.79 Å². The molecule has 1 saturated heterocycles. The highest BCUT2D eigenvalue weighted by Crippen LogP contribution is 2.21. The summed E-state index contributed by atoms with van der Waals surface area (Å²) in [6, 6.07) is 9.96. The minimum Gasteiger partial charge on any atom is -0.334 e. The van der Waals surface area contributed by atoms with Crippen LogP contribution in [-0.2, 0) is 0 Å². The van der Waals surface area contributed by atoms with E-state index in [-0.39, 0.29) is 30.7 Å². The monoisotopic (exact) mass is 341 g/mol. The molecule has 1 unspecified atom stereocenters. The predicted molar refractivity (Wildman–Crippen MR) is 94.2 cm³/mol. The average Bonchev–Trinajstić information content (AvgIpc) is 2.94. The zero-order chi connectivity index (χ0) is 13.9. The van der Waals surface area contributed by atoms with Crippen LogP contribution >= 0.6 is 24.8 Å². The second kappa shape index (κ2) is 8.32. The molecule has 1 aliphatic rings. The third-order valence-electron chi connectivity index (χ3n) is 3.93. The fraction of sp³-hybridized carbons (Fsp3) is 0.375. The van der Waals surface area contributed by atoms with Gasteiger partial charge in [-0.1, -0.05) is 6.07 Å². The number of aromatic nitrogens is 1. The summed E-state index contributed by atoms with van der Waals surface area (Å²) in [7, 11) is 1.93. The van der Waals surface area contributed by atoms with Gasteiger partial charge in [0.05, 0.1) is 5.52 Å². The molecule has 1 amide bonds. The van der Waals surface area contributed by atoms with Crippen molar-refractivity contribution in [3.05, 3.63) is 42.1 Å². The maximum atomic E-state index is 12.7. The minimum absolute atomic E-state index is 0. The first-order valence-corrected chi connectivity index (χ1v) is 7.10. The number of carbonyl (C=O) groups is 1. The summed E-state index contributed by atoms with van der Waals surface area (Å²) in [4.78, 5) is 18.9. The molecule has 1 fully saturated rings. The van der Waals surface area contributed by atoms with Gasteiger partial charge < -0.3 is 10.2 Å². The maximum absolute atomic E-state index is 12.7. The molecule has 0 spiro atoms. The van der Waals surface area contributed by atoms with E-state index in [0.29, 0.717) is 6.04 Å². The summed E-state index contributed by atoms with van der Waals surface area (Å²) in [5.74, 6) is 0.133. The first kappa shape index (κ1) is 18.7. The van der Waals surface area contributed by atoms with Crippen LogP contribution in [0, 0.1) is 0 Å². The Morgan fingerprint density at radius 1 is 1.36 bits per heavy atom. The van der Waals surface area contributed by atoms with Crippen LogP contribution in [0.4, 0.5) is 0 Å². The standard InChI is InChI=1S/C16H19N3O.2ClH/c1-17-11-14-5-3-9-19(14)16(20)13-6-7-15-12(10-13)4-2-8-18-15;;/h2,4,6-8,10,14,17H,3,5,9,11H2,1H3;2*1H. The van der Waals surface area contributed by atoms with E-state index < -0.39 is 0 Å². The lowest BCUT2D eigenvalue weighted by Gasteiger charge is -2.24. The Kier molecular flexibility index (Phi) is 7.07. The van der Waals surface area contributed by atoms with Gasteiger partial charge in [0.1, 0.15) is 0 Å². The van der Waals surface area contributed by atoms with Gasteiger partial charge in [0.25, 0.3) is 5.91 Å². The number of hydrogen-bond acceptors (Lipinski definition) is 3. The number of carbonyl (C=O) groups excluding carboxylic acids is 1. The van der Waals surface area contributed by atoms with Gasteiger partial charge in [0, 0.05) is 36.3 Å². The second-order valence-corrected chi connectivity index (χ2v) is 5.26. The molecule has 0 saturated carbocycles. The van der Waals surface area contributed by atoms with Crippen LogP contribution in [0.3, 0.4) is 0 Å². The molecule has 6 heteroatoms. The van der Waals surface area contributed by atoms with Gasteiger partial charge in [-0.05, 0) is 44.2 Å². The number of amides is 1. The van der Waals surface area contributed by atoms with Crippen LogP contribution in [-0.4, -0.2) is 42.0 Å².